The molecule has 0 spiro atoms. The first-order valence-corrected chi connectivity index (χ1v) is 16.3. The first-order chi connectivity index (χ1) is 20.1. The highest BCUT2D eigenvalue weighted by Crippen LogP contribution is 2.45. The fourth-order valence-electron chi connectivity index (χ4n) is 6.30. The number of nitrogens with zero attached hydrogens (tertiary/aromatic N) is 8. The van der Waals surface area contributed by atoms with Crippen LogP contribution in [0, 0.1) is 13.8 Å². The molecule has 5 aromatic heterocycles. The van der Waals surface area contributed by atoms with Crippen LogP contribution in [0.5, 0.6) is 0 Å². The van der Waals surface area contributed by atoms with E-state index in [2.05, 4.69) is 30.2 Å². The third-order valence-electron chi connectivity index (χ3n) is 8.33. The van der Waals surface area contributed by atoms with Crippen molar-refractivity contribution < 1.29 is 13.2 Å². The van der Waals surface area contributed by atoms with Gasteiger partial charge in [-0.05, 0) is 45.6 Å². The van der Waals surface area contributed by atoms with E-state index in [1.165, 1.54) is 10.8 Å². The van der Waals surface area contributed by atoms with Gasteiger partial charge in [-0.25, -0.2) is 23.4 Å². The number of carbonyl (C=O) groups excluding carboxylic acids is 1. The highest BCUT2D eigenvalue weighted by Gasteiger charge is 2.46. The average Bonchev–Trinajstić information content (AvgIpc) is 3.75. The van der Waals surface area contributed by atoms with Crippen LogP contribution in [0.4, 0.5) is 5.82 Å². The SMILES string of the molecule is Cc1nc(-c2ccc(-c3cnn4c(N)c(S(C)(=O)=O)c(C5C[C@H]6CC[C@@H](C5)N6C(=O)c5ncn[nH]5)nc34)cn2)sc1C. The number of H-pyrrole nitrogens is 1. The molecule has 216 valence electrons. The van der Waals surface area contributed by atoms with Crippen molar-refractivity contribution in [3.8, 4) is 21.8 Å². The molecule has 5 aromatic rings. The van der Waals surface area contributed by atoms with E-state index in [-0.39, 0.29) is 40.4 Å². The molecule has 3 atom stereocenters. The monoisotopic (exact) mass is 604 g/mol. The fourth-order valence-corrected chi connectivity index (χ4v) is 8.25. The number of nitrogens with one attached hydrogen (secondary N) is 1. The quantitative estimate of drug-likeness (QED) is 0.303. The zero-order valence-corrected chi connectivity index (χ0v) is 24.8. The zero-order valence-electron chi connectivity index (χ0n) is 23.1. The number of aromatic amines is 1. The molecule has 2 fully saturated rings. The summed E-state index contributed by atoms with van der Waals surface area (Å²) < 4.78 is 27.5. The molecule has 7 heterocycles. The van der Waals surface area contributed by atoms with Gasteiger partial charge in [-0.15, -0.1) is 11.3 Å². The minimum atomic E-state index is -3.75. The van der Waals surface area contributed by atoms with Crippen molar-refractivity contribution in [2.45, 2.75) is 62.4 Å². The maximum atomic E-state index is 13.2. The van der Waals surface area contributed by atoms with Gasteiger partial charge in [-0.2, -0.15) is 14.7 Å². The van der Waals surface area contributed by atoms with Gasteiger partial charge in [0.15, 0.2) is 15.5 Å². The summed E-state index contributed by atoms with van der Waals surface area (Å²) >= 11 is 1.59. The molecule has 0 aromatic carbocycles. The predicted octanol–water partition coefficient (Wildman–Crippen LogP) is 3.19. The Hall–Kier alpha value is -4.24. The Morgan fingerprint density at radius 3 is 2.45 bits per heavy atom. The van der Waals surface area contributed by atoms with Gasteiger partial charge in [0, 0.05) is 46.5 Å². The highest BCUT2D eigenvalue weighted by atomic mass is 32.2. The Kier molecular flexibility index (Phi) is 6.13. The number of hydrogen-bond acceptors (Lipinski definition) is 11. The van der Waals surface area contributed by atoms with Crippen molar-refractivity contribution in [1.29, 1.82) is 0 Å². The van der Waals surface area contributed by atoms with Crippen molar-refractivity contribution in [2.24, 2.45) is 0 Å². The van der Waals surface area contributed by atoms with Crippen molar-refractivity contribution in [3.63, 3.8) is 0 Å². The van der Waals surface area contributed by atoms with Crippen LogP contribution >= 0.6 is 11.3 Å². The second-order valence-corrected chi connectivity index (χ2v) is 14.1. The predicted molar refractivity (Wildman–Crippen MR) is 156 cm³/mol. The number of amides is 1. The molecule has 13 nitrogen and oxygen atoms in total. The molecular formula is C27H28N10O3S2. The van der Waals surface area contributed by atoms with Crippen LogP contribution in [-0.2, 0) is 9.84 Å². The van der Waals surface area contributed by atoms with Crippen molar-refractivity contribution >= 4 is 38.5 Å². The number of sulfone groups is 1. The van der Waals surface area contributed by atoms with E-state index in [4.69, 9.17) is 10.7 Å². The second-order valence-electron chi connectivity index (χ2n) is 11.0. The molecule has 2 aliphatic heterocycles. The van der Waals surface area contributed by atoms with Gasteiger partial charge in [0.05, 0.1) is 23.3 Å². The summed E-state index contributed by atoms with van der Waals surface area (Å²) in [5.74, 6) is -0.177. The van der Waals surface area contributed by atoms with Gasteiger partial charge < -0.3 is 10.6 Å². The van der Waals surface area contributed by atoms with Crippen molar-refractivity contribution in [3.05, 3.63) is 52.9 Å². The summed E-state index contributed by atoms with van der Waals surface area (Å²) in [7, 11) is -3.75. The van der Waals surface area contributed by atoms with E-state index in [1.54, 1.807) is 23.7 Å². The number of nitrogen functional groups attached to an aromatic ring is 1. The minimum Gasteiger partial charge on any atom is -0.382 e. The van der Waals surface area contributed by atoms with Gasteiger partial charge in [0.2, 0.25) is 5.82 Å². The summed E-state index contributed by atoms with van der Waals surface area (Å²) in [4.78, 5) is 34.4. The van der Waals surface area contributed by atoms with Crippen LogP contribution in [-0.4, -0.2) is 77.3 Å². The first-order valence-electron chi connectivity index (χ1n) is 13.6. The Labute approximate surface area is 245 Å². The number of piperidine rings is 1. The van der Waals surface area contributed by atoms with E-state index in [1.807, 2.05) is 30.9 Å². The normalized spacial score (nSPS) is 20.5. The summed E-state index contributed by atoms with van der Waals surface area (Å²) in [6, 6.07) is 3.70. The summed E-state index contributed by atoms with van der Waals surface area (Å²) in [6.07, 6.45) is 8.60. The minimum absolute atomic E-state index is 0.00737. The van der Waals surface area contributed by atoms with Crippen LogP contribution < -0.4 is 5.73 Å². The third kappa shape index (κ3) is 4.26. The summed E-state index contributed by atoms with van der Waals surface area (Å²) in [6.45, 7) is 4.01. The number of nitrogens with two attached hydrogens (primary N) is 1. The Morgan fingerprint density at radius 1 is 1.10 bits per heavy atom. The van der Waals surface area contributed by atoms with Gasteiger partial charge in [-0.1, -0.05) is 6.07 Å². The molecular weight excluding hydrogens is 576 g/mol. The smallest absolute Gasteiger partial charge is 0.291 e. The molecule has 42 heavy (non-hydrogen) atoms. The average molecular weight is 605 g/mol. The molecule has 0 saturated carbocycles. The topological polar surface area (TPSA) is 178 Å². The number of thiazole rings is 1. The number of hydrogen-bond donors (Lipinski definition) is 2. The van der Waals surface area contributed by atoms with E-state index >= 15 is 0 Å². The Morgan fingerprint density at radius 2 is 1.86 bits per heavy atom. The van der Waals surface area contributed by atoms with E-state index < -0.39 is 9.84 Å². The van der Waals surface area contributed by atoms with E-state index in [0.29, 0.717) is 29.7 Å². The van der Waals surface area contributed by atoms with Crippen LogP contribution in [0.15, 0.2) is 35.7 Å². The van der Waals surface area contributed by atoms with E-state index in [9.17, 15) is 13.2 Å². The number of pyridine rings is 1. The van der Waals surface area contributed by atoms with Crippen LogP contribution in [0.1, 0.15) is 58.5 Å². The molecule has 1 amide bonds. The van der Waals surface area contributed by atoms with Crippen LogP contribution in [0.2, 0.25) is 0 Å². The summed E-state index contributed by atoms with van der Waals surface area (Å²) in [5, 5.41) is 11.7. The van der Waals surface area contributed by atoms with Crippen molar-refractivity contribution in [2.75, 3.05) is 12.0 Å². The number of anilines is 1. The van der Waals surface area contributed by atoms with Gasteiger partial charge >= 0.3 is 0 Å². The molecule has 2 saturated heterocycles. The molecule has 7 rings (SSSR count). The molecule has 2 aliphatic rings. The standard InChI is InChI=1S/C27H28N10O3S2/c1-13-14(2)41-26(33-13)20-7-4-15(10-29-20)19-11-32-37-23(28)22(42(3,39)40)21(34-25(19)37)16-8-17-5-6-18(9-16)36(17)27(38)24-30-12-31-35-24/h4,7,10-12,16-18H,5-6,8-9,28H2,1-3H3,(H,30,31,35)/t16?,17-,18+. The molecule has 15 heteroatoms. The molecule has 1 unspecified atom stereocenters. The number of carbonyl (C=O) groups is 1. The maximum Gasteiger partial charge on any atom is 0.291 e. The van der Waals surface area contributed by atoms with Crippen LogP contribution in [0.3, 0.4) is 0 Å². The lowest BCUT2D eigenvalue weighted by atomic mass is 9.87. The second kappa shape index (κ2) is 9.66. The maximum absolute atomic E-state index is 13.2. The molecule has 0 radical (unpaired) electrons. The number of aromatic nitrogens is 8. The largest absolute Gasteiger partial charge is 0.382 e. The van der Waals surface area contributed by atoms with Gasteiger partial charge in [0.1, 0.15) is 22.0 Å². The van der Waals surface area contributed by atoms with Crippen molar-refractivity contribution in [1.82, 2.24) is 44.6 Å². The van der Waals surface area contributed by atoms with Gasteiger partial charge in [-0.3, -0.25) is 14.9 Å². The lowest BCUT2D eigenvalue weighted by Gasteiger charge is -2.38. The number of fused-ring (bicyclic) bond motifs is 3. The third-order valence-corrected chi connectivity index (χ3v) is 10.6. The van der Waals surface area contributed by atoms with Gasteiger partial charge in [0.25, 0.3) is 5.91 Å². The highest BCUT2D eigenvalue weighted by molar-refractivity contribution is 7.91. The molecule has 0 aliphatic carbocycles. The fraction of sp³-hybridized carbons (Fsp3) is 0.370. The number of aryl methyl sites for hydroxylation is 2. The molecule has 2 bridgehead atoms. The Balaban J connectivity index is 1.28. The zero-order chi connectivity index (χ0) is 29.3. The summed E-state index contributed by atoms with van der Waals surface area (Å²) in [5.41, 5.74) is 10.6. The first kappa shape index (κ1) is 26.6. The molecule has 3 N–H and O–H groups in total. The lowest BCUT2D eigenvalue weighted by Crippen LogP contribution is -2.46. The lowest BCUT2D eigenvalue weighted by molar-refractivity contribution is 0.0556. The number of rotatable bonds is 5. The Bertz CT molecular complexity index is 1910. The van der Waals surface area contributed by atoms with E-state index in [0.717, 1.165) is 45.9 Å². The van der Waals surface area contributed by atoms with Crippen LogP contribution in [0.25, 0.3) is 27.5 Å².